The zero-order valence-corrected chi connectivity index (χ0v) is 19.4. The molecule has 1 fully saturated rings. The Labute approximate surface area is 176 Å². The molecule has 2 atom stereocenters. The van der Waals surface area contributed by atoms with Gasteiger partial charge in [-0.3, -0.25) is 4.90 Å². The fraction of sp³-hybridized carbons (Fsp3) is 0.773. The molecule has 0 spiro atoms. The number of aliphatic hydroxyl groups is 1. The lowest BCUT2D eigenvalue weighted by molar-refractivity contribution is 0.0656. The molecule has 2 heterocycles. The summed E-state index contributed by atoms with van der Waals surface area (Å²) in [5.74, 6) is 2.84. The minimum absolute atomic E-state index is 0.267. The first-order chi connectivity index (χ1) is 13.6. The SMILES string of the molecule is CCNC(=NCC(C)(O)c1cc(C)oc1C)NCC(C(C)C)N1CCN(C)CC1. The minimum Gasteiger partial charge on any atom is -0.466 e. The zero-order chi connectivity index (χ0) is 21.6. The molecule has 0 saturated carbocycles. The fourth-order valence-corrected chi connectivity index (χ4v) is 3.97. The molecular weight excluding hydrogens is 366 g/mol. The first-order valence-corrected chi connectivity index (χ1v) is 10.9. The number of piperazine rings is 1. The van der Waals surface area contributed by atoms with E-state index in [0.29, 0.717) is 12.0 Å². The molecule has 3 N–H and O–H groups in total. The average Bonchev–Trinajstić information content (AvgIpc) is 3.00. The summed E-state index contributed by atoms with van der Waals surface area (Å²) in [6, 6.07) is 2.35. The number of rotatable bonds is 8. The summed E-state index contributed by atoms with van der Waals surface area (Å²) < 4.78 is 5.59. The van der Waals surface area contributed by atoms with Crippen molar-refractivity contribution >= 4 is 5.96 Å². The molecule has 1 aromatic rings. The number of hydrogen-bond acceptors (Lipinski definition) is 5. The molecule has 1 aliphatic rings. The largest absolute Gasteiger partial charge is 0.466 e. The van der Waals surface area contributed by atoms with Crippen LogP contribution >= 0.6 is 0 Å². The predicted molar refractivity (Wildman–Crippen MR) is 119 cm³/mol. The van der Waals surface area contributed by atoms with Gasteiger partial charge in [-0.1, -0.05) is 13.8 Å². The van der Waals surface area contributed by atoms with Crippen LogP contribution in [-0.4, -0.2) is 79.8 Å². The maximum Gasteiger partial charge on any atom is 0.191 e. The number of hydrogen-bond donors (Lipinski definition) is 3. The fourth-order valence-electron chi connectivity index (χ4n) is 3.97. The first-order valence-electron chi connectivity index (χ1n) is 10.9. The van der Waals surface area contributed by atoms with Crippen molar-refractivity contribution in [3.05, 3.63) is 23.2 Å². The lowest BCUT2D eigenvalue weighted by Gasteiger charge is -2.40. The first kappa shape index (κ1) is 23.7. The Hall–Kier alpha value is -1.57. The van der Waals surface area contributed by atoms with Crippen LogP contribution in [0.2, 0.25) is 0 Å². The topological polar surface area (TPSA) is 76.3 Å². The third-order valence-corrected chi connectivity index (χ3v) is 5.77. The number of nitrogens with one attached hydrogen (secondary N) is 2. The number of nitrogens with zero attached hydrogens (tertiary/aromatic N) is 3. The molecule has 0 bridgehead atoms. The second-order valence-corrected chi connectivity index (χ2v) is 8.83. The van der Waals surface area contributed by atoms with E-state index in [9.17, 15) is 5.11 Å². The Morgan fingerprint density at radius 1 is 1.24 bits per heavy atom. The van der Waals surface area contributed by atoms with Crippen molar-refractivity contribution in [1.82, 2.24) is 20.4 Å². The Morgan fingerprint density at radius 2 is 1.90 bits per heavy atom. The highest BCUT2D eigenvalue weighted by atomic mass is 16.3. The number of aliphatic imine (C=N–C) groups is 1. The molecule has 2 rings (SSSR count). The van der Waals surface area contributed by atoms with Crippen molar-refractivity contribution in [3.63, 3.8) is 0 Å². The smallest absolute Gasteiger partial charge is 0.191 e. The molecule has 0 radical (unpaired) electrons. The molecule has 166 valence electrons. The van der Waals surface area contributed by atoms with E-state index in [1.54, 1.807) is 6.92 Å². The number of guanidine groups is 1. The molecule has 0 aromatic carbocycles. The summed E-state index contributed by atoms with van der Waals surface area (Å²) >= 11 is 0. The van der Waals surface area contributed by atoms with Gasteiger partial charge >= 0.3 is 0 Å². The monoisotopic (exact) mass is 407 g/mol. The van der Waals surface area contributed by atoms with E-state index in [1.165, 1.54) is 0 Å². The summed E-state index contributed by atoms with van der Waals surface area (Å²) in [7, 11) is 2.19. The molecule has 0 amide bonds. The van der Waals surface area contributed by atoms with Gasteiger partial charge in [-0.25, -0.2) is 4.99 Å². The van der Waals surface area contributed by atoms with Crippen molar-refractivity contribution < 1.29 is 9.52 Å². The van der Waals surface area contributed by atoms with Gasteiger partial charge in [-0.15, -0.1) is 0 Å². The van der Waals surface area contributed by atoms with Crippen LogP contribution in [0.25, 0.3) is 0 Å². The van der Waals surface area contributed by atoms with Crippen LogP contribution in [0.4, 0.5) is 0 Å². The van der Waals surface area contributed by atoms with E-state index in [2.05, 4.69) is 53.2 Å². The van der Waals surface area contributed by atoms with Gasteiger partial charge in [-0.2, -0.15) is 0 Å². The summed E-state index contributed by atoms with van der Waals surface area (Å²) in [5, 5.41) is 17.8. The van der Waals surface area contributed by atoms with E-state index in [4.69, 9.17) is 4.42 Å². The van der Waals surface area contributed by atoms with E-state index in [-0.39, 0.29) is 6.54 Å². The van der Waals surface area contributed by atoms with Crippen molar-refractivity contribution in [2.45, 2.75) is 53.2 Å². The molecule has 1 aliphatic heterocycles. The van der Waals surface area contributed by atoms with E-state index in [0.717, 1.165) is 62.3 Å². The lowest BCUT2D eigenvalue weighted by atomic mass is 9.96. The Kier molecular flexibility index (Phi) is 8.55. The van der Waals surface area contributed by atoms with Gasteiger partial charge in [0, 0.05) is 50.9 Å². The summed E-state index contributed by atoms with van der Waals surface area (Å²) in [4.78, 5) is 9.64. The van der Waals surface area contributed by atoms with Gasteiger partial charge in [0.05, 0.1) is 6.54 Å². The Bertz CT molecular complexity index is 660. The molecule has 1 saturated heterocycles. The van der Waals surface area contributed by atoms with E-state index >= 15 is 0 Å². The quantitative estimate of drug-likeness (QED) is 0.452. The minimum atomic E-state index is -1.07. The van der Waals surface area contributed by atoms with Crippen LogP contribution in [0.15, 0.2) is 15.5 Å². The van der Waals surface area contributed by atoms with Crippen LogP contribution < -0.4 is 10.6 Å². The lowest BCUT2D eigenvalue weighted by Crippen LogP contribution is -2.55. The maximum absolute atomic E-state index is 11.0. The molecule has 1 aromatic heterocycles. The van der Waals surface area contributed by atoms with Gasteiger partial charge in [0.15, 0.2) is 5.96 Å². The standard InChI is InChI=1S/C22H41N5O2/c1-8-23-21(25-15-22(6,28)19-13-17(4)29-18(19)5)24-14-20(16(2)3)27-11-9-26(7)10-12-27/h13,16,20,28H,8-12,14-15H2,1-7H3,(H2,23,24,25). The van der Waals surface area contributed by atoms with Crippen LogP contribution in [0.1, 0.15) is 44.8 Å². The molecule has 2 unspecified atom stereocenters. The van der Waals surface area contributed by atoms with E-state index in [1.807, 2.05) is 19.9 Å². The van der Waals surface area contributed by atoms with E-state index < -0.39 is 5.60 Å². The van der Waals surface area contributed by atoms with Crippen LogP contribution in [-0.2, 0) is 5.60 Å². The van der Waals surface area contributed by atoms with Gasteiger partial charge in [0.25, 0.3) is 0 Å². The number of furan rings is 1. The van der Waals surface area contributed by atoms with Gasteiger partial charge in [0.1, 0.15) is 17.1 Å². The maximum atomic E-state index is 11.0. The summed E-state index contributed by atoms with van der Waals surface area (Å²) in [6.45, 7) is 18.5. The highest BCUT2D eigenvalue weighted by Crippen LogP contribution is 2.27. The highest BCUT2D eigenvalue weighted by Gasteiger charge is 2.28. The molecule has 7 nitrogen and oxygen atoms in total. The third kappa shape index (κ3) is 6.73. The summed E-state index contributed by atoms with van der Waals surface area (Å²) in [6.07, 6.45) is 0. The van der Waals surface area contributed by atoms with Crippen LogP contribution in [0, 0.1) is 19.8 Å². The van der Waals surface area contributed by atoms with Crippen molar-refractivity contribution in [1.29, 1.82) is 0 Å². The average molecular weight is 408 g/mol. The predicted octanol–water partition coefficient (Wildman–Crippen LogP) is 1.93. The Balaban J connectivity index is 2.03. The van der Waals surface area contributed by atoms with Crippen LogP contribution in [0.5, 0.6) is 0 Å². The third-order valence-electron chi connectivity index (χ3n) is 5.77. The second-order valence-electron chi connectivity index (χ2n) is 8.83. The van der Waals surface area contributed by atoms with Crippen LogP contribution in [0.3, 0.4) is 0 Å². The van der Waals surface area contributed by atoms with Crippen molar-refractivity contribution in [2.75, 3.05) is 52.9 Å². The zero-order valence-electron chi connectivity index (χ0n) is 19.4. The second kappa shape index (κ2) is 10.5. The molecule has 7 heteroatoms. The highest BCUT2D eigenvalue weighted by molar-refractivity contribution is 5.79. The van der Waals surface area contributed by atoms with Crippen molar-refractivity contribution in [2.24, 2.45) is 10.9 Å². The van der Waals surface area contributed by atoms with Gasteiger partial charge in [-0.05, 0) is 46.7 Å². The molecule has 29 heavy (non-hydrogen) atoms. The van der Waals surface area contributed by atoms with Crippen molar-refractivity contribution in [3.8, 4) is 0 Å². The van der Waals surface area contributed by atoms with Gasteiger partial charge in [0.2, 0.25) is 0 Å². The molecular formula is C22H41N5O2. The van der Waals surface area contributed by atoms with Gasteiger partial charge < -0.3 is 25.1 Å². The number of likely N-dealkylation sites (N-methyl/N-ethyl adjacent to an activating group) is 1. The normalized spacial score (nSPS) is 20.0. The number of aryl methyl sites for hydroxylation is 2. The molecule has 0 aliphatic carbocycles. The summed E-state index contributed by atoms with van der Waals surface area (Å²) in [5.41, 5.74) is -0.272. The Morgan fingerprint density at radius 3 is 2.41 bits per heavy atom.